The summed E-state index contributed by atoms with van der Waals surface area (Å²) in [7, 11) is 2.16. The molecule has 6 bridgehead atoms. The van der Waals surface area contributed by atoms with E-state index in [9.17, 15) is 14.7 Å². The Bertz CT molecular complexity index is 760. The average Bonchev–Trinajstić information content (AvgIpc) is 2.64. The first-order chi connectivity index (χ1) is 11.8. The van der Waals surface area contributed by atoms with E-state index in [-0.39, 0.29) is 40.4 Å². The van der Waals surface area contributed by atoms with Crippen LogP contribution >= 0.6 is 0 Å². The summed E-state index contributed by atoms with van der Waals surface area (Å²) in [6.07, 6.45) is 3.86. The van der Waals surface area contributed by atoms with E-state index in [2.05, 4.69) is 25.5 Å². The van der Waals surface area contributed by atoms with Crippen LogP contribution in [-0.4, -0.2) is 47.3 Å². The van der Waals surface area contributed by atoms with E-state index in [0.717, 1.165) is 32.2 Å². The number of fused-ring (bicyclic) bond motifs is 1. The van der Waals surface area contributed by atoms with E-state index >= 15 is 0 Å². The molecule has 9 atom stereocenters. The number of hydrogen-bond acceptors (Lipinski definition) is 4. The lowest BCUT2D eigenvalue weighted by Crippen LogP contribution is -2.69. The second-order valence-corrected chi connectivity index (χ2v) is 10.4. The molecule has 2 unspecified atom stereocenters. The Morgan fingerprint density at radius 1 is 1.24 bits per heavy atom. The summed E-state index contributed by atoms with van der Waals surface area (Å²) in [6.45, 7) is 7.30. The standard InChI is InChI=1S/C21H27NO3/c1-10-11-7-13-20-6-4-5-19(2)9-22(3)17(20)14(15(11)24)21(13,18(10)25)8-12(23)16(19)20/h11,13-14,16-18,25H,1,4-9H2,2-3H3/t11-,13-,14?,16+,17?,18+,19-,20+,21-/m0/s1. The van der Waals surface area contributed by atoms with Crippen LogP contribution in [0.15, 0.2) is 12.2 Å². The van der Waals surface area contributed by atoms with Gasteiger partial charge < -0.3 is 10.0 Å². The van der Waals surface area contributed by atoms with E-state index in [1.165, 1.54) is 0 Å². The zero-order chi connectivity index (χ0) is 17.5. The SMILES string of the molecule is C=C1[C@@H]2C[C@@H]3[C@]4(CC(=O)[C@@H]5[C@@]6(C)CCC[C@@]35C(C4C2=O)N(C)C6)[C@@H]1O. The van der Waals surface area contributed by atoms with Crippen LogP contribution in [0.25, 0.3) is 0 Å². The van der Waals surface area contributed by atoms with Gasteiger partial charge in [0.25, 0.3) is 0 Å². The van der Waals surface area contributed by atoms with Gasteiger partial charge in [-0.15, -0.1) is 0 Å². The van der Waals surface area contributed by atoms with Crippen LogP contribution in [-0.2, 0) is 9.59 Å². The third kappa shape index (κ3) is 1.22. The fourth-order valence-corrected chi connectivity index (χ4v) is 9.54. The van der Waals surface area contributed by atoms with Gasteiger partial charge in [-0.1, -0.05) is 19.9 Å². The van der Waals surface area contributed by atoms with E-state index in [0.29, 0.717) is 23.7 Å². The summed E-state index contributed by atoms with van der Waals surface area (Å²) in [6, 6.07) is 0.141. The third-order valence-corrected chi connectivity index (χ3v) is 9.65. The van der Waals surface area contributed by atoms with Crippen molar-refractivity contribution in [3.63, 3.8) is 0 Å². The number of nitrogens with zero attached hydrogens (tertiary/aromatic N) is 1. The molecule has 1 saturated heterocycles. The van der Waals surface area contributed by atoms with Gasteiger partial charge in [0.05, 0.1) is 6.10 Å². The Balaban J connectivity index is 1.69. The number of aliphatic hydroxyl groups is 1. The number of likely N-dealkylation sites (tertiary alicyclic amines) is 1. The Morgan fingerprint density at radius 3 is 2.76 bits per heavy atom. The molecule has 7 fully saturated rings. The van der Waals surface area contributed by atoms with Crippen molar-refractivity contribution in [3.8, 4) is 0 Å². The number of rotatable bonds is 0. The number of aliphatic hydroxyl groups excluding tert-OH is 1. The Kier molecular flexibility index (Phi) is 2.39. The molecular weight excluding hydrogens is 314 g/mol. The van der Waals surface area contributed by atoms with E-state index in [1.807, 2.05) is 0 Å². The molecule has 1 N–H and O–H groups in total. The fraction of sp³-hybridized carbons (Fsp3) is 0.810. The molecule has 6 aliphatic carbocycles. The minimum atomic E-state index is -0.676. The Morgan fingerprint density at radius 2 is 2.00 bits per heavy atom. The predicted octanol–water partition coefficient (Wildman–Crippen LogP) is 1.82. The first kappa shape index (κ1) is 15.1. The van der Waals surface area contributed by atoms with Crippen molar-refractivity contribution in [2.75, 3.05) is 13.6 Å². The van der Waals surface area contributed by atoms with Gasteiger partial charge in [0.2, 0.25) is 0 Å². The highest BCUT2D eigenvalue weighted by atomic mass is 16.3. The summed E-state index contributed by atoms with van der Waals surface area (Å²) in [5.74, 6) is 0.661. The van der Waals surface area contributed by atoms with Gasteiger partial charge >= 0.3 is 0 Å². The zero-order valence-corrected chi connectivity index (χ0v) is 15.1. The van der Waals surface area contributed by atoms with Crippen LogP contribution in [0.4, 0.5) is 0 Å². The largest absolute Gasteiger partial charge is 0.388 e. The molecule has 0 aromatic heterocycles. The summed E-state index contributed by atoms with van der Waals surface area (Å²) >= 11 is 0. The van der Waals surface area contributed by atoms with Crippen LogP contribution in [0.1, 0.15) is 39.0 Å². The van der Waals surface area contributed by atoms with Gasteiger partial charge in [-0.25, -0.2) is 0 Å². The predicted molar refractivity (Wildman–Crippen MR) is 91.6 cm³/mol. The monoisotopic (exact) mass is 341 g/mol. The third-order valence-electron chi connectivity index (χ3n) is 9.65. The minimum absolute atomic E-state index is 0.0317. The molecule has 1 aliphatic heterocycles. The number of piperidine rings is 1. The number of hydrogen-bond donors (Lipinski definition) is 1. The maximum Gasteiger partial charge on any atom is 0.145 e. The van der Waals surface area contributed by atoms with Gasteiger partial charge in [0, 0.05) is 47.6 Å². The molecule has 4 nitrogen and oxygen atoms in total. The van der Waals surface area contributed by atoms with Gasteiger partial charge in [0.1, 0.15) is 11.6 Å². The molecule has 0 amide bonds. The van der Waals surface area contributed by atoms with Crippen molar-refractivity contribution >= 4 is 11.6 Å². The number of Topliss-reactive ketones (excluding diaryl/α,β-unsaturated/α-hetero) is 2. The van der Waals surface area contributed by atoms with Gasteiger partial charge in [-0.2, -0.15) is 0 Å². The van der Waals surface area contributed by atoms with Crippen LogP contribution < -0.4 is 0 Å². The highest BCUT2D eigenvalue weighted by Crippen LogP contribution is 2.81. The van der Waals surface area contributed by atoms with Gasteiger partial charge in [-0.05, 0) is 43.2 Å². The second-order valence-electron chi connectivity index (χ2n) is 10.4. The molecule has 134 valence electrons. The molecule has 2 spiro atoms. The summed E-state index contributed by atoms with van der Waals surface area (Å²) in [5.41, 5.74) is 0.0774. The molecular formula is C21H27NO3. The van der Waals surface area contributed by atoms with Crippen molar-refractivity contribution in [2.45, 2.75) is 51.2 Å². The van der Waals surface area contributed by atoms with Crippen molar-refractivity contribution in [1.29, 1.82) is 0 Å². The fourth-order valence-electron chi connectivity index (χ4n) is 9.54. The van der Waals surface area contributed by atoms with Crippen molar-refractivity contribution < 1.29 is 14.7 Å². The van der Waals surface area contributed by atoms with Crippen LogP contribution in [0.3, 0.4) is 0 Å². The topological polar surface area (TPSA) is 57.6 Å². The lowest BCUT2D eigenvalue weighted by atomic mass is 9.39. The maximum atomic E-state index is 13.5. The number of carbonyl (C=O) groups is 2. The molecule has 25 heavy (non-hydrogen) atoms. The van der Waals surface area contributed by atoms with Crippen molar-refractivity contribution in [2.24, 2.45) is 39.9 Å². The first-order valence-electron chi connectivity index (χ1n) is 9.92. The summed E-state index contributed by atoms with van der Waals surface area (Å²) in [5, 5.41) is 11.2. The van der Waals surface area contributed by atoms with Gasteiger partial charge in [0.15, 0.2) is 0 Å². The zero-order valence-electron chi connectivity index (χ0n) is 15.1. The molecule has 6 saturated carbocycles. The van der Waals surface area contributed by atoms with Crippen LogP contribution in [0.2, 0.25) is 0 Å². The molecule has 1 heterocycles. The first-order valence-corrected chi connectivity index (χ1v) is 9.92. The van der Waals surface area contributed by atoms with Crippen LogP contribution in [0.5, 0.6) is 0 Å². The molecule has 0 radical (unpaired) electrons. The molecule has 7 aliphatic rings. The Labute approximate surface area is 148 Å². The normalized spacial score (nSPS) is 61.8. The minimum Gasteiger partial charge on any atom is -0.388 e. The lowest BCUT2D eigenvalue weighted by molar-refractivity contribution is -0.195. The second kappa shape index (κ2) is 3.96. The van der Waals surface area contributed by atoms with Crippen molar-refractivity contribution in [3.05, 3.63) is 12.2 Å². The average molecular weight is 341 g/mol. The van der Waals surface area contributed by atoms with Crippen molar-refractivity contribution in [1.82, 2.24) is 4.90 Å². The van der Waals surface area contributed by atoms with E-state index in [1.54, 1.807) is 0 Å². The highest BCUT2D eigenvalue weighted by Gasteiger charge is 2.85. The quantitative estimate of drug-likeness (QED) is 0.683. The van der Waals surface area contributed by atoms with E-state index < -0.39 is 11.5 Å². The summed E-state index contributed by atoms with van der Waals surface area (Å²) in [4.78, 5) is 29.3. The van der Waals surface area contributed by atoms with Gasteiger partial charge in [-0.3, -0.25) is 9.59 Å². The molecule has 0 aromatic carbocycles. The lowest BCUT2D eigenvalue weighted by Gasteiger charge is -2.66. The van der Waals surface area contributed by atoms with Crippen LogP contribution in [0, 0.1) is 39.9 Å². The number of carbonyl (C=O) groups excluding carboxylic acids is 2. The maximum absolute atomic E-state index is 13.5. The smallest absolute Gasteiger partial charge is 0.145 e. The van der Waals surface area contributed by atoms with E-state index in [4.69, 9.17) is 0 Å². The molecule has 0 aromatic rings. The molecule has 7 rings (SSSR count). The highest BCUT2D eigenvalue weighted by molar-refractivity contribution is 5.96. The number of ketones is 2. The Hall–Kier alpha value is -1.00. The summed E-state index contributed by atoms with van der Waals surface area (Å²) < 4.78 is 0. The molecule has 4 heteroatoms.